The molecule has 94 valence electrons. The van der Waals surface area contributed by atoms with Crippen molar-refractivity contribution in [3.63, 3.8) is 0 Å². The Morgan fingerprint density at radius 3 is 2.17 bits per heavy atom. The lowest BCUT2D eigenvalue weighted by molar-refractivity contribution is 0.142. The van der Waals surface area contributed by atoms with Crippen molar-refractivity contribution in [1.82, 2.24) is 0 Å². The van der Waals surface area contributed by atoms with E-state index in [9.17, 15) is 5.11 Å². The fraction of sp³-hybridized carbons (Fsp3) is 0.294. The van der Waals surface area contributed by atoms with E-state index < -0.39 is 6.10 Å². The number of rotatable bonds is 4. The molecule has 18 heavy (non-hydrogen) atoms. The van der Waals surface area contributed by atoms with E-state index >= 15 is 0 Å². The maximum absolute atomic E-state index is 10.6. The van der Waals surface area contributed by atoms with Gasteiger partial charge in [0.1, 0.15) is 0 Å². The zero-order chi connectivity index (χ0) is 13.0. The maximum atomic E-state index is 10.6. The molecule has 1 nitrogen and oxygen atoms in total. The molecular weight excluding hydrogens is 220 g/mol. The molecule has 2 aromatic carbocycles. The van der Waals surface area contributed by atoms with E-state index in [2.05, 4.69) is 32.0 Å². The monoisotopic (exact) mass is 240 g/mol. The maximum Gasteiger partial charge on any atom is 0.0860 e. The number of aliphatic hydroxyl groups is 1. The Morgan fingerprint density at radius 2 is 1.56 bits per heavy atom. The molecule has 2 rings (SSSR count). The van der Waals surface area contributed by atoms with Crippen molar-refractivity contribution < 1.29 is 5.11 Å². The van der Waals surface area contributed by atoms with Crippen LogP contribution in [-0.2, 0) is 0 Å². The van der Waals surface area contributed by atoms with Crippen molar-refractivity contribution in [2.75, 3.05) is 0 Å². The molecule has 0 bridgehead atoms. The minimum Gasteiger partial charge on any atom is -0.388 e. The summed E-state index contributed by atoms with van der Waals surface area (Å²) in [6.45, 7) is 4.18. The van der Waals surface area contributed by atoms with Crippen molar-refractivity contribution in [2.45, 2.75) is 32.3 Å². The second kappa shape index (κ2) is 5.83. The van der Waals surface area contributed by atoms with E-state index in [1.54, 1.807) is 0 Å². The average molecular weight is 240 g/mol. The molecule has 0 heterocycles. The van der Waals surface area contributed by atoms with Gasteiger partial charge < -0.3 is 5.11 Å². The van der Waals surface area contributed by atoms with Crippen LogP contribution in [-0.4, -0.2) is 5.11 Å². The average Bonchev–Trinajstić information content (AvgIpc) is 2.41. The summed E-state index contributed by atoms with van der Waals surface area (Å²) in [7, 11) is 0. The van der Waals surface area contributed by atoms with Gasteiger partial charge in [-0.05, 0) is 30.0 Å². The fourth-order valence-corrected chi connectivity index (χ4v) is 2.48. The molecule has 0 radical (unpaired) electrons. The van der Waals surface area contributed by atoms with Gasteiger partial charge >= 0.3 is 0 Å². The first kappa shape index (κ1) is 12.8. The minimum absolute atomic E-state index is 0.160. The second-order valence-electron chi connectivity index (χ2n) is 4.73. The molecule has 1 N–H and O–H groups in total. The standard InChI is InChI=1S/C17H20O/c1-3-15(14-10-5-4-6-11-14)17(18)16-12-8-7-9-13(16)2/h4-12,15,17-18H,3H2,1-2H3. The Bertz CT molecular complexity index is 490. The SMILES string of the molecule is CCC(c1ccccc1)C(O)c1ccccc1C. The Labute approximate surface area is 109 Å². The highest BCUT2D eigenvalue weighted by molar-refractivity contribution is 5.31. The highest BCUT2D eigenvalue weighted by atomic mass is 16.3. The van der Waals surface area contributed by atoms with Gasteiger partial charge in [-0.3, -0.25) is 0 Å². The van der Waals surface area contributed by atoms with E-state index in [0.29, 0.717) is 0 Å². The molecule has 0 amide bonds. The number of aliphatic hydroxyl groups excluding tert-OH is 1. The zero-order valence-corrected chi connectivity index (χ0v) is 11.0. The largest absolute Gasteiger partial charge is 0.388 e. The summed E-state index contributed by atoms with van der Waals surface area (Å²) in [5.41, 5.74) is 3.39. The molecule has 2 aromatic rings. The highest BCUT2D eigenvalue weighted by Gasteiger charge is 2.21. The topological polar surface area (TPSA) is 20.2 Å². The van der Waals surface area contributed by atoms with Crippen LogP contribution in [0.25, 0.3) is 0 Å². The first-order chi connectivity index (χ1) is 8.74. The van der Waals surface area contributed by atoms with Crippen molar-refractivity contribution in [2.24, 2.45) is 0 Å². The van der Waals surface area contributed by atoms with Crippen molar-refractivity contribution in [1.29, 1.82) is 0 Å². The van der Waals surface area contributed by atoms with Crippen LogP contribution in [0, 0.1) is 6.92 Å². The molecule has 0 fully saturated rings. The van der Waals surface area contributed by atoms with Gasteiger partial charge in [-0.1, -0.05) is 61.5 Å². The Hall–Kier alpha value is -1.60. The van der Waals surface area contributed by atoms with Crippen LogP contribution >= 0.6 is 0 Å². The molecule has 0 aliphatic rings. The van der Waals surface area contributed by atoms with Crippen molar-refractivity contribution in [3.8, 4) is 0 Å². The predicted molar refractivity (Wildman–Crippen MR) is 75.6 cm³/mol. The van der Waals surface area contributed by atoms with E-state index in [1.807, 2.05) is 36.4 Å². The van der Waals surface area contributed by atoms with Gasteiger partial charge in [0.15, 0.2) is 0 Å². The number of hydrogen-bond acceptors (Lipinski definition) is 1. The summed E-state index contributed by atoms with van der Waals surface area (Å²) in [6, 6.07) is 18.3. The quantitative estimate of drug-likeness (QED) is 0.848. The molecule has 1 heteroatoms. The van der Waals surface area contributed by atoms with Crippen LogP contribution < -0.4 is 0 Å². The minimum atomic E-state index is -0.432. The molecule has 2 atom stereocenters. The van der Waals surface area contributed by atoms with Crippen LogP contribution in [0.1, 0.15) is 42.1 Å². The molecule has 0 aliphatic carbocycles. The van der Waals surface area contributed by atoms with Crippen molar-refractivity contribution in [3.05, 3.63) is 71.3 Å². The van der Waals surface area contributed by atoms with Gasteiger partial charge in [0.2, 0.25) is 0 Å². The smallest absolute Gasteiger partial charge is 0.0860 e. The lowest BCUT2D eigenvalue weighted by atomic mass is 9.86. The fourth-order valence-electron chi connectivity index (χ4n) is 2.48. The highest BCUT2D eigenvalue weighted by Crippen LogP contribution is 2.34. The molecular formula is C17H20O. The predicted octanol–water partition coefficient (Wildman–Crippen LogP) is 4.22. The Morgan fingerprint density at radius 1 is 0.944 bits per heavy atom. The third kappa shape index (κ3) is 2.62. The lowest BCUT2D eigenvalue weighted by Gasteiger charge is -2.23. The molecule has 0 spiro atoms. The van der Waals surface area contributed by atoms with Gasteiger partial charge in [-0.15, -0.1) is 0 Å². The molecule has 0 saturated carbocycles. The first-order valence-electron chi connectivity index (χ1n) is 6.52. The van der Waals surface area contributed by atoms with Gasteiger partial charge in [0, 0.05) is 5.92 Å². The summed E-state index contributed by atoms with van der Waals surface area (Å²) >= 11 is 0. The summed E-state index contributed by atoms with van der Waals surface area (Å²) in [4.78, 5) is 0. The zero-order valence-electron chi connectivity index (χ0n) is 11.0. The van der Waals surface area contributed by atoms with Crippen LogP contribution in [0.15, 0.2) is 54.6 Å². The first-order valence-corrected chi connectivity index (χ1v) is 6.52. The summed E-state index contributed by atoms with van der Waals surface area (Å²) in [5, 5.41) is 10.6. The lowest BCUT2D eigenvalue weighted by Crippen LogP contribution is -2.11. The van der Waals surface area contributed by atoms with Gasteiger partial charge in [0.25, 0.3) is 0 Å². The summed E-state index contributed by atoms with van der Waals surface area (Å²) in [5.74, 6) is 0.160. The van der Waals surface area contributed by atoms with Crippen molar-refractivity contribution >= 4 is 0 Å². The van der Waals surface area contributed by atoms with Gasteiger partial charge in [-0.25, -0.2) is 0 Å². The van der Waals surface area contributed by atoms with Crippen LogP contribution in [0.5, 0.6) is 0 Å². The molecule has 0 saturated heterocycles. The Balaban J connectivity index is 2.32. The van der Waals surface area contributed by atoms with E-state index in [0.717, 1.165) is 17.5 Å². The molecule has 0 aromatic heterocycles. The molecule has 2 unspecified atom stereocenters. The van der Waals surface area contributed by atoms with Crippen LogP contribution in [0.3, 0.4) is 0 Å². The number of benzene rings is 2. The molecule has 0 aliphatic heterocycles. The number of hydrogen-bond donors (Lipinski definition) is 1. The Kier molecular flexibility index (Phi) is 4.16. The third-order valence-corrected chi connectivity index (χ3v) is 3.56. The summed E-state index contributed by atoms with van der Waals surface area (Å²) in [6.07, 6.45) is 0.498. The van der Waals surface area contributed by atoms with Crippen LogP contribution in [0.4, 0.5) is 0 Å². The van der Waals surface area contributed by atoms with E-state index in [-0.39, 0.29) is 5.92 Å². The van der Waals surface area contributed by atoms with Crippen LogP contribution in [0.2, 0.25) is 0 Å². The normalized spacial score (nSPS) is 14.2. The second-order valence-corrected chi connectivity index (χ2v) is 4.73. The van der Waals surface area contributed by atoms with E-state index in [1.165, 1.54) is 5.56 Å². The van der Waals surface area contributed by atoms with Gasteiger partial charge in [0.05, 0.1) is 6.10 Å². The van der Waals surface area contributed by atoms with E-state index in [4.69, 9.17) is 0 Å². The van der Waals surface area contributed by atoms with Gasteiger partial charge in [-0.2, -0.15) is 0 Å². The third-order valence-electron chi connectivity index (χ3n) is 3.56. The summed E-state index contributed by atoms with van der Waals surface area (Å²) < 4.78 is 0. The number of aryl methyl sites for hydroxylation is 1.